The fourth-order valence-corrected chi connectivity index (χ4v) is 2.99. The fourth-order valence-electron chi connectivity index (χ4n) is 2.99. The van der Waals surface area contributed by atoms with Crippen LogP contribution < -0.4 is 5.73 Å². The lowest BCUT2D eigenvalue weighted by atomic mass is 9.56. The first-order valence-electron chi connectivity index (χ1n) is 6.16. The quantitative estimate of drug-likeness (QED) is 0.817. The summed E-state index contributed by atoms with van der Waals surface area (Å²) >= 11 is 0. The van der Waals surface area contributed by atoms with Gasteiger partial charge in [0.05, 0.1) is 5.60 Å². The largest absolute Gasteiger partial charge is 0.385 e. The van der Waals surface area contributed by atoms with Crippen LogP contribution in [0.2, 0.25) is 0 Å². The number of aliphatic hydroxyl groups is 1. The number of hydrogen-bond acceptors (Lipinski definition) is 2. The van der Waals surface area contributed by atoms with Crippen molar-refractivity contribution in [3.63, 3.8) is 0 Å². The van der Waals surface area contributed by atoms with E-state index in [-0.39, 0.29) is 5.41 Å². The molecule has 0 radical (unpaired) electrons. The van der Waals surface area contributed by atoms with Gasteiger partial charge in [0.1, 0.15) is 0 Å². The maximum absolute atomic E-state index is 11.0. The highest BCUT2D eigenvalue weighted by atomic mass is 16.3. The molecular weight excluding hydrogens is 198 g/mol. The summed E-state index contributed by atoms with van der Waals surface area (Å²) in [7, 11) is 0. The summed E-state index contributed by atoms with van der Waals surface area (Å²) in [5, 5.41) is 11.0. The van der Waals surface area contributed by atoms with Crippen LogP contribution in [0.4, 0.5) is 0 Å². The second-order valence-corrected chi connectivity index (χ2v) is 4.92. The molecule has 0 saturated heterocycles. The molecule has 1 aliphatic carbocycles. The Hall–Kier alpha value is -0.860. The zero-order chi connectivity index (χ0) is 11.6. The maximum atomic E-state index is 11.0. The van der Waals surface area contributed by atoms with Gasteiger partial charge in [0, 0.05) is 12.0 Å². The Labute approximate surface area is 97.5 Å². The van der Waals surface area contributed by atoms with E-state index in [1.165, 1.54) is 6.42 Å². The Morgan fingerprint density at radius 3 is 2.31 bits per heavy atom. The van der Waals surface area contributed by atoms with Crippen LogP contribution in [-0.2, 0) is 5.60 Å². The first kappa shape index (κ1) is 11.6. The SMILES string of the molecule is CCC(O)(c1ccccc1)C1(CN)CCC1. The molecule has 0 spiro atoms. The van der Waals surface area contributed by atoms with Crippen molar-refractivity contribution in [3.8, 4) is 0 Å². The molecule has 0 bridgehead atoms. The van der Waals surface area contributed by atoms with Crippen molar-refractivity contribution in [2.45, 2.75) is 38.2 Å². The van der Waals surface area contributed by atoms with Crippen LogP contribution in [0.3, 0.4) is 0 Å². The molecule has 3 N–H and O–H groups in total. The van der Waals surface area contributed by atoms with Gasteiger partial charge in [0.25, 0.3) is 0 Å². The predicted molar refractivity (Wildman–Crippen MR) is 66.0 cm³/mol. The van der Waals surface area contributed by atoms with Crippen LogP contribution in [0, 0.1) is 5.41 Å². The molecule has 1 aromatic rings. The van der Waals surface area contributed by atoms with E-state index in [9.17, 15) is 5.11 Å². The lowest BCUT2D eigenvalue weighted by molar-refractivity contribution is -0.132. The van der Waals surface area contributed by atoms with E-state index in [1.807, 2.05) is 37.3 Å². The van der Waals surface area contributed by atoms with E-state index < -0.39 is 5.60 Å². The third-order valence-corrected chi connectivity index (χ3v) is 4.34. The van der Waals surface area contributed by atoms with Crippen molar-refractivity contribution in [2.24, 2.45) is 11.1 Å². The molecule has 1 fully saturated rings. The van der Waals surface area contributed by atoms with Crippen molar-refractivity contribution < 1.29 is 5.11 Å². The zero-order valence-corrected chi connectivity index (χ0v) is 9.95. The first-order valence-corrected chi connectivity index (χ1v) is 6.16. The van der Waals surface area contributed by atoms with Crippen LogP contribution in [0.15, 0.2) is 30.3 Å². The van der Waals surface area contributed by atoms with Gasteiger partial charge in [-0.2, -0.15) is 0 Å². The summed E-state index contributed by atoms with van der Waals surface area (Å²) in [5.41, 5.74) is 6.08. The number of hydrogen-bond donors (Lipinski definition) is 2. The van der Waals surface area contributed by atoms with Gasteiger partial charge in [-0.15, -0.1) is 0 Å². The van der Waals surface area contributed by atoms with E-state index in [1.54, 1.807) is 0 Å². The lowest BCUT2D eigenvalue weighted by Gasteiger charge is -2.53. The molecule has 0 amide bonds. The molecule has 2 heteroatoms. The van der Waals surface area contributed by atoms with Gasteiger partial charge >= 0.3 is 0 Å². The third-order valence-electron chi connectivity index (χ3n) is 4.34. The van der Waals surface area contributed by atoms with Crippen molar-refractivity contribution in [1.82, 2.24) is 0 Å². The molecule has 1 saturated carbocycles. The normalized spacial score (nSPS) is 22.2. The van der Waals surface area contributed by atoms with Gasteiger partial charge in [-0.25, -0.2) is 0 Å². The lowest BCUT2D eigenvalue weighted by Crippen LogP contribution is -2.54. The molecule has 2 nitrogen and oxygen atoms in total. The van der Waals surface area contributed by atoms with Crippen molar-refractivity contribution in [3.05, 3.63) is 35.9 Å². The van der Waals surface area contributed by atoms with Gasteiger partial charge in [-0.1, -0.05) is 43.7 Å². The third kappa shape index (κ3) is 1.48. The van der Waals surface area contributed by atoms with E-state index >= 15 is 0 Å². The first-order chi connectivity index (χ1) is 7.68. The molecule has 16 heavy (non-hydrogen) atoms. The minimum Gasteiger partial charge on any atom is -0.385 e. The molecule has 88 valence electrons. The molecule has 1 aliphatic rings. The summed E-state index contributed by atoms with van der Waals surface area (Å²) in [4.78, 5) is 0. The Kier molecular flexibility index (Phi) is 3.04. The average Bonchev–Trinajstić information content (AvgIpc) is 2.29. The molecule has 2 rings (SSSR count). The molecule has 1 aromatic carbocycles. The highest BCUT2D eigenvalue weighted by Gasteiger charge is 2.52. The predicted octanol–water partition coefficient (Wildman–Crippen LogP) is 2.41. The highest BCUT2D eigenvalue weighted by Crippen LogP contribution is 2.54. The average molecular weight is 219 g/mol. The molecule has 0 heterocycles. The summed E-state index contributed by atoms with van der Waals surface area (Å²) in [6.07, 6.45) is 4.01. The molecule has 1 atom stereocenters. The van der Waals surface area contributed by atoms with Gasteiger partial charge in [0.15, 0.2) is 0 Å². The number of rotatable bonds is 4. The number of benzene rings is 1. The van der Waals surface area contributed by atoms with Gasteiger partial charge < -0.3 is 10.8 Å². The second kappa shape index (κ2) is 4.19. The van der Waals surface area contributed by atoms with Crippen molar-refractivity contribution >= 4 is 0 Å². The number of nitrogens with two attached hydrogens (primary N) is 1. The zero-order valence-electron chi connectivity index (χ0n) is 9.95. The van der Waals surface area contributed by atoms with Gasteiger partial charge in [-0.05, 0) is 24.8 Å². The summed E-state index contributed by atoms with van der Waals surface area (Å²) in [5.74, 6) is 0. The Morgan fingerprint density at radius 1 is 1.31 bits per heavy atom. The van der Waals surface area contributed by atoms with Crippen molar-refractivity contribution in [1.29, 1.82) is 0 Å². The van der Waals surface area contributed by atoms with Crippen LogP contribution in [0.1, 0.15) is 38.2 Å². The van der Waals surface area contributed by atoms with Crippen molar-refractivity contribution in [2.75, 3.05) is 6.54 Å². The molecule has 1 unspecified atom stereocenters. The van der Waals surface area contributed by atoms with Crippen LogP contribution in [0.5, 0.6) is 0 Å². The topological polar surface area (TPSA) is 46.2 Å². The highest BCUT2D eigenvalue weighted by molar-refractivity contribution is 5.27. The second-order valence-electron chi connectivity index (χ2n) is 4.92. The minimum absolute atomic E-state index is 0.0941. The van der Waals surface area contributed by atoms with Crippen LogP contribution in [0.25, 0.3) is 0 Å². The van der Waals surface area contributed by atoms with E-state index in [2.05, 4.69) is 0 Å². The monoisotopic (exact) mass is 219 g/mol. The molecule has 0 aromatic heterocycles. The Morgan fingerprint density at radius 2 is 1.94 bits per heavy atom. The smallest absolute Gasteiger partial charge is 0.0961 e. The minimum atomic E-state index is -0.749. The Balaban J connectivity index is 2.39. The summed E-state index contributed by atoms with van der Waals surface area (Å²) in [6.45, 7) is 2.62. The van der Waals surface area contributed by atoms with E-state index in [4.69, 9.17) is 5.73 Å². The van der Waals surface area contributed by atoms with Gasteiger partial charge in [-0.3, -0.25) is 0 Å². The Bertz CT molecular complexity index is 340. The summed E-state index contributed by atoms with van der Waals surface area (Å²) in [6, 6.07) is 9.98. The molecular formula is C14H21NO. The molecule has 0 aliphatic heterocycles. The van der Waals surface area contributed by atoms with E-state index in [0.29, 0.717) is 6.54 Å². The van der Waals surface area contributed by atoms with E-state index in [0.717, 1.165) is 24.8 Å². The fraction of sp³-hybridized carbons (Fsp3) is 0.571. The standard InChI is InChI=1S/C14H21NO/c1-2-14(16,12-7-4-3-5-8-12)13(11-15)9-6-10-13/h3-5,7-8,16H,2,6,9-11,15H2,1H3. The van der Waals surface area contributed by atoms with Crippen LogP contribution in [-0.4, -0.2) is 11.7 Å². The maximum Gasteiger partial charge on any atom is 0.0961 e. The van der Waals surface area contributed by atoms with Crippen LogP contribution >= 0.6 is 0 Å². The summed E-state index contributed by atoms with van der Waals surface area (Å²) < 4.78 is 0. The van der Waals surface area contributed by atoms with Gasteiger partial charge in [0.2, 0.25) is 0 Å².